The van der Waals surface area contributed by atoms with Crippen LogP contribution in [0.3, 0.4) is 0 Å². The lowest BCUT2D eigenvalue weighted by atomic mass is 10.1. The minimum Gasteiger partial charge on any atom is -0.508 e. The fraction of sp³-hybridized carbons (Fsp3) is 0.0625. The molecule has 0 aliphatic rings. The molecular formula is C16H14O3. The van der Waals surface area contributed by atoms with Gasteiger partial charge < -0.3 is 10.2 Å². The molecule has 2 aromatic rings. The van der Waals surface area contributed by atoms with Crippen molar-refractivity contribution >= 4 is 11.9 Å². The lowest BCUT2D eigenvalue weighted by Gasteiger charge is -2.02. The maximum atomic E-state index is 11.9. The summed E-state index contributed by atoms with van der Waals surface area (Å²) in [7, 11) is 0. The maximum Gasteiger partial charge on any atom is 0.185 e. The van der Waals surface area contributed by atoms with Crippen molar-refractivity contribution in [3.8, 4) is 5.75 Å². The molecule has 0 saturated carbocycles. The van der Waals surface area contributed by atoms with Gasteiger partial charge >= 0.3 is 0 Å². The van der Waals surface area contributed by atoms with Crippen LogP contribution in [0.4, 0.5) is 0 Å². The number of hydrogen-bond acceptors (Lipinski definition) is 3. The van der Waals surface area contributed by atoms with Gasteiger partial charge in [-0.25, -0.2) is 0 Å². The van der Waals surface area contributed by atoms with Crippen LogP contribution in [0.2, 0.25) is 0 Å². The minimum absolute atomic E-state index is 0.00825. The number of carbonyl (C=O) groups excluding carboxylic acids is 1. The molecule has 2 N–H and O–H groups in total. The summed E-state index contributed by atoms with van der Waals surface area (Å²) < 4.78 is 0. The highest BCUT2D eigenvalue weighted by Crippen LogP contribution is 2.19. The fourth-order valence-electron chi connectivity index (χ4n) is 1.70. The van der Waals surface area contributed by atoms with Gasteiger partial charge in [0.05, 0.1) is 6.61 Å². The molecule has 0 saturated heterocycles. The Morgan fingerprint density at radius 2 is 1.84 bits per heavy atom. The number of aliphatic hydroxyl groups excluding tert-OH is 1. The normalized spacial score (nSPS) is 10.8. The Labute approximate surface area is 111 Å². The molecule has 0 unspecified atom stereocenters. The number of carbonyl (C=O) groups is 1. The first-order valence-corrected chi connectivity index (χ1v) is 5.91. The number of rotatable bonds is 4. The number of allylic oxidation sites excluding steroid dienone is 1. The molecule has 0 spiro atoms. The van der Waals surface area contributed by atoms with E-state index in [1.165, 1.54) is 24.3 Å². The number of aliphatic hydroxyl groups is 1. The van der Waals surface area contributed by atoms with Crippen molar-refractivity contribution < 1.29 is 15.0 Å². The van der Waals surface area contributed by atoms with E-state index in [9.17, 15) is 9.90 Å². The van der Waals surface area contributed by atoms with Gasteiger partial charge in [-0.3, -0.25) is 4.79 Å². The molecular weight excluding hydrogens is 240 g/mol. The van der Waals surface area contributed by atoms with Crippen LogP contribution in [0, 0.1) is 0 Å². The standard InChI is InChI=1S/C16H14O3/c17-11-14-10-13(7-9-16(14)19)15(18)8-6-12-4-2-1-3-5-12/h1-10,17,19H,11H2. The molecule has 0 fully saturated rings. The Balaban J connectivity index is 2.18. The van der Waals surface area contributed by atoms with E-state index in [-0.39, 0.29) is 18.1 Å². The highest BCUT2D eigenvalue weighted by atomic mass is 16.3. The smallest absolute Gasteiger partial charge is 0.185 e. The van der Waals surface area contributed by atoms with Crippen LogP contribution in [0.1, 0.15) is 21.5 Å². The average molecular weight is 254 g/mol. The fourth-order valence-corrected chi connectivity index (χ4v) is 1.70. The van der Waals surface area contributed by atoms with Crippen molar-refractivity contribution in [2.75, 3.05) is 0 Å². The van der Waals surface area contributed by atoms with Crippen LogP contribution in [-0.2, 0) is 6.61 Å². The van der Waals surface area contributed by atoms with Crippen molar-refractivity contribution in [2.45, 2.75) is 6.61 Å². The van der Waals surface area contributed by atoms with Crippen LogP contribution in [-0.4, -0.2) is 16.0 Å². The van der Waals surface area contributed by atoms with E-state index in [4.69, 9.17) is 5.11 Å². The van der Waals surface area contributed by atoms with Gasteiger partial charge in [-0.15, -0.1) is 0 Å². The molecule has 19 heavy (non-hydrogen) atoms. The average Bonchev–Trinajstić information content (AvgIpc) is 2.46. The molecule has 3 heteroatoms. The van der Waals surface area contributed by atoms with E-state index in [2.05, 4.69) is 0 Å². The second-order valence-corrected chi connectivity index (χ2v) is 4.11. The first-order chi connectivity index (χ1) is 9.20. The predicted octanol–water partition coefficient (Wildman–Crippen LogP) is 2.78. The third-order valence-corrected chi connectivity index (χ3v) is 2.76. The first kappa shape index (κ1) is 13.1. The summed E-state index contributed by atoms with van der Waals surface area (Å²) in [5, 5.41) is 18.5. The molecule has 3 nitrogen and oxygen atoms in total. The van der Waals surface area contributed by atoms with Gasteiger partial charge in [0.1, 0.15) is 5.75 Å². The summed E-state index contributed by atoms with van der Waals surface area (Å²) in [5.41, 5.74) is 1.73. The predicted molar refractivity (Wildman–Crippen MR) is 73.8 cm³/mol. The molecule has 0 aliphatic heterocycles. The molecule has 0 bridgehead atoms. The van der Waals surface area contributed by atoms with E-state index in [0.717, 1.165) is 5.56 Å². The van der Waals surface area contributed by atoms with Crippen molar-refractivity contribution in [3.05, 3.63) is 71.3 Å². The number of phenols is 1. The number of ketones is 1. The van der Waals surface area contributed by atoms with Crippen molar-refractivity contribution in [1.29, 1.82) is 0 Å². The Morgan fingerprint density at radius 3 is 2.53 bits per heavy atom. The Bertz CT molecular complexity index is 601. The van der Waals surface area contributed by atoms with Crippen LogP contribution in [0.5, 0.6) is 5.75 Å². The Kier molecular flexibility index (Phi) is 4.11. The SMILES string of the molecule is O=C(C=Cc1ccccc1)c1ccc(O)c(CO)c1. The summed E-state index contributed by atoms with van der Waals surface area (Å²) in [5.74, 6) is -0.176. The van der Waals surface area contributed by atoms with Gasteiger partial charge in [-0.1, -0.05) is 36.4 Å². The monoisotopic (exact) mass is 254 g/mol. The summed E-state index contributed by atoms with van der Waals surface area (Å²) in [6, 6.07) is 13.9. The second-order valence-electron chi connectivity index (χ2n) is 4.11. The highest BCUT2D eigenvalue weighted by Gasteiger charge is 2.06. The van der Waals surface area contributed by atoms with Gasteiger partial charge in [-0.05, 0) is 29.8 Å². The summed E-state index contributed by atoms with van der Waals surface area (Å²) in [6.07, 6.45) is 3.21. The third kappa shape index (κ3) is 3.30. The quantitative estimate of drug-likeness (QED) is 0.651. The Hall–Kier alpha value is -2.39. The molecule has 0 amide bonds. The third-order valence-electron chi connectivity index (χ3n) is 2.76. The second kappa shape index (κ2) is 5.98. The summed E-state index contributed by atoms with van der Waals surface area (Å²) in [4.78, 5) is 11.9. The molecule has 0 atom stereocenters. The highest BCUT2D eigenvalue weighted by molar-refractivity contribution is 6.07. The van der Waals surface area contributed by atoms with Crippen LogP contribution in [0.15, 0.2) is 54.6 Å². The van der Waals surface area contributed by atoms with Gasteiger partial charge in [-0.2, -0.15) is 0 Å². The van der Waals surface area contributed by atoms with Crippen molar-refractivity contribution in [3.63, 3.8) is 0 Å². The number of benzene rings is 2. The molecule has 0 aliphatic carbocycles. The van der Waals surface area contributed by atoms with Crippen molar-refractivity contribution in [2.24, 2.45) is 0 Å². The zero-order valence-corrected chi connectivity index (χ0v) is 10.3. The Morgan fingerprint density at radius 1 is 1.11 bits per heavy atom. The van der Waals surface area contributed by atoms with Crippen LogP contribution >= 0.6 is 0 Å². The van der Waals surface area contributed by atoms with E-state index in [1.54, 1.807) is 6.08 Å². The largest absolute Gasteiger partial charge is 0.508 e. The maximum absolute atomic E-state index is 11.9. The minimum atomic E-state index is -0.296. The topological polar surface area (TPSA) is 57.5 Å². The zero-order chi connectivity index (χ0) is 13.7. The van der Waals surface area contributed by atoms with Crippen LogP contribution < -0.4 is 0 Å². The van der Waals surface area contributed by atoms with Gasteiger partial charge in [0.15, 0.2) is 5.78 Å². The van der Waals surface area contributed by atoms with E-state index >= 15 is 0 Å². The summed E-state index contributed by atoms with van der Waals surface area (Å²) in [6.45, 7) is -0.296. The van der Waals surface area contributed by atoms with Gasteiger partial charge in [0.25, 0.3) is 0 Å². The molecule has 0 radical (unpaired) electrons. The zero-order valence-electron chi connectivity index (χ0n) is 10.3. The molecule has 2 aromatic carbocycles. The van der Waals surface area contributed by atoms with E-state index < -0.39 is 0 Å². The lowest BCUT2D eigenvalue weighted by molar-refractivity contribution is 0.104. The summed E-state index contributed by atoms with van der Waals surface area (Å²) >= 11 is 0. The van der Waals surface area contributed by atoms with Gasteiger partial charge in [0.2, 0.25) is 0 Å². The van der Waals surface area contributed by atoms with E-state index in [1.807, 2.05) is 30.3 Å². The lowest BCUT2D eigenvalue weighted by Crippen LogP contribution is -1.96. The van der Waals surface area contributed by atoms with Crippen molar-refractivity contribution in [1.82, 2.24) is 0 Å². The van der Waals surface area contributed by atoms with Gasteiger partial charge in [0, 0.05) is 11.1 Å². The van der Waals surface area contributed by atoms with E-state index in [0.29, 0.717) is 11.1 Å². The molecule has 2 rings (SSSR count). The molecule has 96 valence electrons. The molecule has 0 aromatic heterocycles. The number of hydrogen-bond donors (Lipinski definition) is 2. The number of aromatic hydroxyl groups is 1. The van der Waals surface area contributed by atoms with Crippen LogP contribution in [0.25, 0.3) is 6.08 Å². The molecule has 0 heterocycles. The first-order valence-electron chi connectivity index (χ1n) is 5.91.